The third kappa shape index (κ3) is 5.72. The number of amides is 1. The fourth-order valence-electron chi connectivity index (χ4n) is 3.24. The van der Waals surface area contributed by atoms with Crippen molar-refractivity contribution in [2.24, 2.45) is 0 Å². The van der Waals surface area contributed by atoms with Gasteiger partial charge in [-0.25, -0.2) is 4.98 Å². The van der Waals surface area contributed by atoms with Crippen molar-refractivity contribution in [2.45, 2.75) is 39.5 Å². The SMILES string of the molecule is CCCCCNc1nc2ccccn2c(=O)c1C=C1SC(=S)N(CCCOCC)C1=O. The number of nitrogens with one attached hydrogen (secondary N) is 1. The highest BCUT2D eigenvalue weighted by Gasteiger charge is 2.32. The first-order valence-corrected chi connectivity index (χ1v) is 11.9. The number of fused-ring (bicyclic) bond motifs is 1. The predicted molar refractivity (Wildman–Crippen MR) is 130 cm³/mol. The number of thioether (sulfide) groups is 1. The van der Waals surface area contributed by atoms with Crippen LogP contribution < -0.4 is 10.9 Å². The number of carbonyl (C=O) groups is 1. The lowest BCUT2D eigenvalue weighted by Crippen LogP contribution is -2.29. The van der Waals surface area contributed by atoms with Crippen molar-refractivity contribution >= 4 is 51.7 Å². The van der Waals surface area contributed by atoms with Gasteiger partial charge in [0.2, 0.25) is 0 Å². The molecule has 9 heteroatoms. The Hall–Kier alpha value is -2.23. The maximum atomic E-state index is 13.2. The third-order valence-corrected chi connectivity index (χ3v) is 6.24. The summed E-state index contributed by atoms with van der Waals surface area (Å²) in [5, 5.41) is 3.29. The van der Waals surface area contributed by atoms with Gasteiger partial charge in [-0.15, -0.1) is 0 Å². The van der Waals surface area contributed by atoms with E-state index in [1.807, 2.05) is 13.0 Å². The van der Waals surface area contributed by atoms with Gasteiger partial charge in [-0.2, -0.15) is 0 Å². The van der Waals surface area contributed by atoms with E-state index in [1.54, 1.807) is 29.3 Å². The summed E-state index contributed by atoms with van der Waals surface area (Å²) in [6.45, 7) is 6.51. The van der Waals surface area contributed by atoms with Gasteiger partial charge in [0.05, 0.1) is 10.5 Å². The summed E-state index contributed by atoms with van der Waals surface area (Å²) in [6.07, 6.45) is 7.19. The molecular formula is C22H28N4O3S2. The molecule has 0 spiro atoms. The van der Waals surface area contributed by atoms with Gasteiger partial charge in [-0.05, 0) is 38.0 Å². The number of carbonyl (C=O) groups excluding carboxylic acids is 1. The Morgan fingerprint density at radius 1 is 1.23 bits per heavy atom. The second-order valence-electron chi connectivity index (χ2n) is 7.13. The Labute approximate surface area is 191 Å². The number of nitrogens with zero attached hydrogens (tertiary/aromatic N) is 3. The molecule has 1 amide bonds. The van der Waals surface area contributed by atoms with Crippen LogP contribution in [0.15, 0.2) is 34.1 Å². The molecule has 1 fully saturated rings. The summed E-state index contributed by atoms with van der Waals surface area (Å²) in [4.78, 5) is 32.8. The summed E-state index contributed by atoms with van der Waals surface area (Å²) in [5.41, 5.74) is 0.714. The van der Waals surface area contributed by atoms with Crippen molar-refractivity contribution < 1.29 is 9.53 Å². The Kier molecular flexibility index (Phi) is 8.62. The summed E-state index contributed by atoms with van der Waals surface area (Å²) < 4.78 is 7.34. The summed E-state index contributed by atoms with van der Waals surface area (Å²) in [7, 11) is 0. The molecule has 0 saturated carbocycles. The van der Waals surface area contributed by atoms with Crippen LogP contribution in [0.4, 0.5) is 5.82 Å². The normalized spacial score (nSPS) is 15.4. The highest BCUT2D eigenvalue weighted by molar-refractivity contribution is 8.26. The van der Waals surface area contributed by atoms with E-state index >= 15 is 0 Å². The van der Waals surface area contributed by atoms with Gasteiger partial charge < -0.3 is 10.1 Å². The minimum atomic E-state index is -0.217. The summed E-state index contributed by atoms with van der Waals surface area (Å²) >= 11 is 6.62. The number of pyridine rings is 1. The van der Waals surface area contributed by atoms with Gasteiger partial charge in [0.15, 0.2) is 0 Å². The van der Waals surface area contributed by atoms with Crippen LogP contribution in [-0.2, 0) is 9.53 Å². The topological polar surface area (TPSA) is 75.9 Å². The number of hydrogen-bond donors (Lipinski definition) is 1. The zero-order chi connectivity index (χ0) is 22.2. The lowest BCUT2D eigenvalue weighted by atomic mass is 10.2. The average Bonchev–Trinajstić information content (AvgIpc) is 3.04. The van der Waals surface area contributed by atoms with Crippen LogP contribution in [0.1, 0.15) is 45.1 Å². The van der Waals surface area contributed by atoms with Gasteiger partial charge in [0.25, 0.3) is 11.5 Å². The van der Waals surface area contributed by atoms with Crippen LogP contribution in [0.2, 0.25) is 0 Å². The van der Waals surface area contributed by atoms with Crippen molar-refractivity contribution in [3.05, 3.63) is 45.2 Å². The predicted octanol–water partition coefficient (Wildman–Crippen LogP) is 3.92. The smallest absolute Gasteiger partial charge is 0.267 e. The Balaban J connectivity index is 1.90. The first-order valence-electron chi connectivity index (χ1n) is 10.6. The molecule has 3 rings (SSSR count). The van der Waals surface area contributed by atoms with Gasteiger partial charge in [0, 0.05) is 32.5 Å². The number of unbranched alkanes of at least 4 members (excludes halogenated alkanes) is 2. The quantitative estimate of drug-likeness (QED) is 0.309. The van der Waals surface area contributed by atoms with Gasteiger partial charge in [0.1, 0.15) is 15.8 Å². The minimum absolute atomic E-state index is 0.180. The molecule has 0 radical (unpaired) electrons. The largest absolute Gasteiger partial charge is 0.382 e. The second-order valence-corrected chi connectivity index (χ2v) is 8.80. The maximum Gasteiger partial charge on any atom is 0.267 e. The molecule has 1 saturated heterocycles. The van der Waals surface area contributed by atoms with E-state index < -0.39 is 0 Å². The molecular weight excluding hydrogens is 432 g/mol. The Morgan fingerprint density at radius 3 is 2.84 bits per heavy atom. The van der Waals surface area contributed by atoms with E-state index in [1.165, 1.54) is 16.2 Å². The number of anilines is 1. The number of thiocarbonyl (C=S) groups is 1. The van der Waals surface area contributed by atoms with E-state index in [0.717, 1.165) is 19.3 Å². The van der Waals surface area contributed by atoms with Gasteiger partial charge >= 0.3 is 0 Å². The Morgan fingerprint density at radius 2 is 2.06 bits per heavy atom. The molecule has 0 bridgehead atoms. The van der Waals surface area contributed by atoms with Crippen molar-refractivity contribution in [1.82, 2.24) is 14.3 Å². The van der Waals surface area contributed by atoms with Gasteiger partial charge in [-0.3, -0.25) is 18.9 Å². The van der Waals surface area contributed by atoms with Crippen LogP contribution in [0.5, 0.6) is 0 Å². The van der Waals surface area contributed by atoms with Crippen molar-refractivity contribution in [3.63, 3.8) is 0 Å². The molecule has 3 heterocycles. The molecule has 1 aliphatic heterocycles. The fourth-order valence-corrected chi connectivity index (χ4v) is 4.53. The third-order valence-electron chi connectivity index (χ3n) is 4.87. The molecule has 0 aliphatic carbocycles. The molecule has 0 atom stereocenters. The standard InChI is InChI=1S/C22H28N4O3S2/c1-3-5-7-11-23-19-16(20(27)25-12-8-6-10-18(25)24-19)15-17-21(28)26(22(30)31-17)13-9-14-29-4-2/h6,8,10,12,15,23H,3-5,7,9,11,13-14H2,1-2H3. The second kappa shape index (κ2) is 11.4. The van der Waals surface area contributed by atoms with Crippen LogP contribution in [0.3, 0.4) is 0 Å². The monoisotopic (exact) mass is 460 g/mol. The average molecular weight is 461 g/mol. The summed E-state index contributed by atoms with van der Waals surface area (Å²) in [5.74, 6) is 0.315. The molecule has 166 valence electrons. The van der Waals surface area contributed by atoms with Crippen LogP contribution in [-0.4, -0.2) is 50.8 Å². The minimum Gasteiger partial charge on any atom is -0.382 e. The van der Waals surface area contributed by atoms with E-state index in [2.05, 4.69) is 17.2 Å². The highest BCUT2D eigenvalue weighted by atomic mass is 32.2. The molecule has 1 aliphatic rings. The van der Waals surface area contributed by atoms with Crippen LogP contribution >= 0.6 is 24.0 Å². The summed E-state index contributed by atoms with van der Waals surface area (Å²) in [6, 6.07) is 5.42. The fraction of sp³-hybridized carbons (Fsp3) is 0.455. The molecule has 1 N–H and O–H groups in total. The Bertz CT molecular complexity index is 1040. The van der Waals surface area contributed by atoms with Crippen LogP contribution in [0.25, 0.3) is 11.7 Å². The molecule has 2 aromatic heterocycles. The van der Waals surface area contributed by atoms with Gasteiger partial charge in [-0.1, -0.05) is 49.8 Å². The van der Waals surface area contributed by atoms with Crippen LogP contribution in [0, 0.1) is 0 Å². The molecule has 0 aromatic carbocycles. The zero-order valence-electron chi connectivity index (χ0n) is 17.9. The van der Waals surface area contributed by atoms with Crippen molar-refractivity contribution in [1.29, 1.82) is 0 Å². The van der Waals surface area contributed by atoms with E-state index in [4.69, 9.17) is 17.0 Å². The first-order chi connectivity index (χ1) is 15.1. The van der Waals surface area contributed by atoms with E-state index in [9.17, 15) is 9.59 Å². The lowest BCUT2D eigenvalue weighted by molar-refractivity contribution is -0.122. The lowest BCUT2D eigenvalue weighted by Gasteiger charge is -2.14. The number of ether oxygens (including phenoxy) is 1. The van der Waals surface area contributed by atoms with Crippen molar-refractivity contribution in [3.8, 4) is 0 Å². The molecule has 7 nitrogen and oxygen atoms in total. The molecule has 31 heavy (non-hydrogen) atoms. The number of hydrogen-bond acceptors (Lipinski definition) is 7. The van der Waals surface area contributed by atoms with Crippen molar-refractivity contribution in [2.75, 3.05) is 31.6 Å². The highest BCUT2D eigenvalue weighted by Crippen LogP contribution is 2.33. The molecule has 2 aromatic rings. The van der Waals surface area contributed by atoms with E-state index in [0.29, 0.717) is 59.0 Å². The number of aromatic nitrogens is 2. The van der Waals surface area contributed by atoms with E-state index in [-0.39, 0.29) is 11.5 Å². The maximum absolute atomic E-state index is 13.2. The number of rotatable bonds is 11. The zero-order valence-corrected chi connectivity index (χ0v) is 19.6. The molecule has 0 unspecified atom stereocenters. The first kappa shape index (κ1) is 23.4.